The number of carbonyl (C=O) groups excluding carboxylic acids is 1. The summed E-state index contributed by atoms with van der Waals surface area (Å²) in [7, 11) is -3.40. The molecule has 0 aromatic heterocycles. The monoisotopic (exact) mass is 547 g/mol. The maximum atomic E-state index is 12.8. The Balaban J connectivity index is 1.24. The number of carbonyl (C=O) groups is 1. The van der Waals surface area contributed by atoms with Crippen molar-refractivity contribution >= 4 is 31.9 Å². The molecule has 1 N–H and O–H groups in total. The van der Waals surface area contributed by atoms with Crippen molar-refractivity contribution in [3.05, 3.63) is 69.7 Å². The molecular formula is C26H34BrN3O3S. The van der Waals surface area contributed by atoms with Gasteiger partial charge in [0, 0.05) is 36.6 Å². The third-order valence-corrected chi connectivity index (χ3v) is 9.11. The summed E-state index contributed by atoms with van der Waals surface area (Å²) in [4.78, 5) is 15.3. The Kier molecular flexibility index (Phi) is 8.80. The molecule has 4 rings (SSSR count). The Morgan fingerprint density at radius 3 is 2.32 bits per heavy atom. The molecule has 0 unspecified atom stereocenters. The van der Waals surface area contributed by atoms with Gasteiger partial charge in [0.2, 0.25) is 15.9 Å². The van der Waals surface area contributed by atoms with E-state index in [0.717, 1.165) is 35.2 Å². The molecule has 0 aliphatic carbocycles. The molecule has 2 aromatic rings. The van der Waals surface area contributed by atoms with Gasteiger partial charge in [0.05, 0.1) is 5.75 Å². The SMILES string of the molecule is O=C(NCc1cccc(CN2CCCCC2)c1)C1CCN(S(=O)(=O)Cc2cccc(Br)c2)CC1. The van der Waals surface area contributed by atoms with Crippen LogP contribution in [0.25, 0.3) is 0 Å². The van der Waals surface area contributed by atoms with Gasteiger partial charge in [0.1, 0.15) is 0 Å². The van der Waals surface area contributed by atoms with Crippen LogP contribution in [0.5, 0.6) is 0 Å². The maximum absolute atomic E-state index is 12.8. The lowest BCUT2D eigenvalue weighted by atomic mass is 9.97. The zero-order chi connectivity index (χ0) is 24.0. The van der Waals surface area contributed by atoms with E-state index in [4.69, 9.17) is 0 Å². The largest absolute Gasteiger partial charge is 0.352 e. The van der Waals surface area contributed by atoms with Crippen molar-refractivity contribution < 1.29 is 13.2 Å². The third kappa shape index (κ3) is 7.13. The van der Waals surface area contributed by atoms with Crippen molar-refractivity contribution in [3.8, 4) is 0 Å². The molecule has 2 fully saturated rings. The van der Waals surface area contributed by atoms with Crippen LogP contribution in [0.1, 0.15) is 48.8 Å². The molecule has 1 amide bonds. The number of likely N-dealkylation sites (tertiary alicyclic amines) is 1. The number of nitrogens with one attached hydrogen (secondary N) is 1. The van der Waals surface area contributed by atoms with Gasteiger partial charge >= 0.3 is 0 Å². The zero-order valence-corrected chi connectivity index (χ0v) is 22.0. The highest BCUT2D eigenvalue weighted by Gasteiger charge is 2.31. The number of hydrogen-bond acceptors (Lipinski definition) is 4. The number of nitrogens with zero attached hydrogens (tertiary/aromatic N) is 2. The predicted molar refractivity (Wildman–Crippen MR) is 138 cm³/mol. The average molecular weight is 549 g/mol. The lowest BCUT2D eigenvalue weighted by Crippen LogP contribution is -2.43. The number of sulfonamides is 1. The molecule has 0 saturated carbocycles. The van der Waals surface area contributed by atoms with Gasteiger partial charge in [0.25, 0.3) is 0 Å². The summed E-state index contributed by atoms with van der Waals surface area (Å²) in [5, 5.41) is 3.07. The smallest absolute Gasteiger partial charge is 0.223 e. The summed E-state index contributed by atoms with van der Waals surface area (Å²) in [6.45, 7) is 4.58. The molecule has 2 aromatic carbocycles. The third-order valence-electron chi connectivity index (χ3n) is 6.77. The van der Waals surface area contributed by atoms with Gasteiger partial charge in [-0.3, -0.25) is 9.69 Å². The first-order chi connectivity index (χ1) is 16.4. The second kappa shape index (κ2) is 11.8. The Bertz CT molecular complexity index is 1080. The number of hydrogen-bond donors (Lipinski definition) is 1. The molecule has 0 bridgehead atoms. The van der Waals surface area contributed by atoms with E-state index >= 15 is 0 Å². The number of benzene rings is 2. The van der Waals surface area contributed by atoms with E-state index in [0.29, 0.717) is 32.5 Å². The molecule has 2 heterocycles. The van der Waals surface area contributed by atoms with Crippen LogP contribution in [0, 0.1) is 5.92 Å². The minimum absolute atomic E-state index is 0.0168. The van der Waals surface area contributed by atoms with Crippen molar-refractivity contribution in [2.45, 2.75) is 50.9 Å². The normalized spacial score (nSPS) is 18.6. The minimum atomic E-state index is -3.40. The Morgan fingerprint density at radius 1 is 0.912 bits per heavy atom. The van der Waals surface area contributed by atoms with Crippen molar-refractivity contribution in [2.75, 3.05) is 26.2 Å². The molecule has 184 valence electrons. The van der Waals surface area contributed by atoms with Gasteiger partial charge in [-0.05, 0) is 67.6 Å². The molecule has 2 saturated heterocycles. The zero-order valence-electron chi connectivity index (χ0n) is 19.6. The van der Waals surface area contributed by atoms with Crippen molar-refractivity contribution in [3.63, 3.8) is 0 Å². The van der Waals surface area contributed by atoms with Gasteiger partial charge in [-0.15, -0.1) is 0 Å². The van der Waals surface area contributed by atoms with Crippen molar-refractivity contribution in [1.82, 2.24) is 14.5 Å². The fourth-order valence-electron chi connectivity index (χ4n) is 4.87. The van der Waals surface area contributed by atoms with Gasteiger partial charge in [0.15, 0.2) is 0 Å². The first-order valence-corrected chi connectivity index (χ1v) is 14.6. The molecule has 0 atom stereocenters. The first-order valence-electron chi connectivity index (χ1n) is 12.2. The van der Waals surface area contributed by atoms with E-state index < -0.39 is 10.0 Å². The predicted octanol–water partition coefficient (Wildman–Crippen LogP) is 4.29. The Morgan fingerprint density at radius 2 is 1.59 bits per heavy atom. The number of rotatable bonds is 8. The van der Waals surface area contributed by atoms with Crippen LogP contribution >= 0.6 is 15.9 Å². The summed E-state index contributed by atoms with van der Waals surface area (Å²) in [5.74, 6) is -0.142. The molecule has 34 heavy (non-hydrogen) atoms. The average Bonchev–Trinajstić information content (AvgIpc) is 2.83. The van der Waals surface area contributed by atoms with Crippen LogP contribution < -0.4 is 5.32 Å². The molecule has 6 nitrogen and oxygen atoms in total. The van der Waals surface area contributed by atoms with Crippen LogP contribution in [0.3, 0.4) is 0 Å². The molecule has 0 spiro atoms. The fraction of sp³-hybridized carbons (Fsp3) is 0.500. The summed E-state index contributed by atoms with van der Waals surface area (Å²) in [6, 6.07) is 15.8. The van der Waals surface area contributed by atoms with Crippen LogP contribution in [-0.4, -0.2) is 49.7 Å². The number of amides is 1. The number of halogens is 1. The topological polar surface area (TPSA) is 69.7 Å². The van der Waals surface area contributed by atoms with Crippen molar-refractivity contribution in [1.29, 1.82) is 0 Å². The standard InChI is InChI=1S/C26H34BrN3O3S/c27-25-9-5-8-23(17-25)20-34(32,33)30-14-10-24(11-15-30)26(31)28-18-21-6-4-7-22(16-21)19-29-12-2-1-3-13-29/h4-9,16-17,24H,1-3,10-15,18-20H2,(H,28,31). The maximum Gasteiger partial charge on any atom is 0.223 e. The number of piperidine rings is 2. The quantitative estimate of drug-likeness (QED) is 0.535. The molecular weight excluding hydrogens is 514 g/mol. The second-order valence-electron chi connectivity index (χ2n) is 9.43. The van der Waals surface area contributed by atoms with Gasteiger partial charge in [-0.25, -0.2) is 12.7 Å². The van der Waals surface area contributed by atoms with E-state index in [9.17, 15) is 13.2 Å². The van der Waals surface area contributed by atoms with Crippen LogP contribution in [-0.2, 0) is 33.7 Å². The van der Waals surface area contributed by atoms with Crippen LogP contribution in [0.2, 0.25) is 0 Å². The van der Waals surface area contributed by atoms with E-state index in [1.54, 1.807) is 0 Å². The van der Waals surface area contributed by atoms with E-state index in [1.807, 2.05) is 24.3 Å². The van der Waals surface area contributed by atoms with Gasteiger partial charge < -0.3 is 5.32 Å². The van der Waals surface area contributed by atoms with Gasteiger partial charge in [-0.1, -0.05) is 58.7 Å². The summed E-state index contributed by atoms with van der Waals surface area (Å²) in [6.07, 6.45) is 5.00. The molecule has 8 heteroatoms. The van der Waals surface area contributed by atoms with E-state index in [2.05, 4.69) is 50.4 Å². The van der Waals surface area contributed by atoms with Crippen LogP contribution in [0.15, 0.2) is 53.0 Å². The summed E-state index contributed by atoms with van der Waals surface area (Å²) < 4.78 is 28.1. The molecule has 2 aliphatic heterocycles. The minimum Gasteiger partial charge on any atom is -0.352 e. The van der Waals surface area contributed by atoms with Gasteiger partial charge in [-0.2, -0.15) is 0 Å². The van der Waals surface area contributed by atoms with E-state index in [1.165, 1.54) is 29.1 Å². The molecule has 2 aliphatic rings. The highest BCUT2D eigenvalue weighted by molar-refractivity contribution is 9.10. The lowest BCUT2D eigenvalue weighted by Gasteiger charge is -2.30. The second-order valence-corrected chi connectivity index (χ2v) is 12.3. The fourth-order valence-corrected chi connectivity index (χ4v) is 6.87. The highest BCUT2D eigenvalue weighted by Crippen LogP contribution is 2.23. The Labute approximate surface area is 211 Å². The van der Waals surface area contributed by atoms with Crippen LogP contribution in [0.4, 0.5) is 0 Å². The summed E-state index contributed by atoms with van der Waals surface area (Å²) in [5.41, 5.74) is 3.16. The Hall–Kier alpha value is -1.74. The molecule has 0 radical (unpaired) electrons. The van der Waals surface area contributed by atoms with E-state index in [-0.39, 0.29) is 17.6 Å². The first kappa shape index (κ1) is 25.4. The lowest BCUT2D eigenvalue weighted by molar-refractivity contribution is -0.126. The summed E-state index contributed by atoms with van der Waals surface area (Å²) >= 11 is 3.39. The van der Waals surface area contributed by atoms with Crippen molar-refractivity contribution in [2.24, 2.45) is 5.92 Å². The highest BCUT2D eigenvalue weighted by atomic mass is 79.9.